The first-order chi connectivity index (χ1) is 13.3. The van der Waals surface area contributed by atoms with Crippen molar-refractivity contribution in [1.82, 2.24) is 9.97 Å². The van der Waals surface area contributed by atoms with Crippen molar-refractivity contribution >= 4 is 0 Å². The zero-order valence-corrected chi connectivity index (χ0v) is 14.8. The van der Waals surface area contributed by atoms with Crippen LogP contribution in [0.1, 0.15) is 5.56 Å². The molecule has 3 aromatic carbocycles. The number of hydrogen-bond donors (Lipinski definition) is 1. The van der Waals surface area contributed by atoms with Gasteiger partial charge in [0.1, 0.15) is 18.7 Å². The zero-order chi connectivity index (χ0) is 18.7. The normalized spacial score (nSPS) is 9.78. The van der Waals surface area contributed by atoms with Crippen molar-refractivity contribution in [3.8, 4) is 22.6 Å². The second-order valence-corrected chi connectivity index (χ2v) is 5.76. The van der Waals surface area contributed by atoms with Gasteiger partial charge < -0.3 is 9.84 Å². The molecule has 0 saturated carbocycles. The third kappa shape index (κ3) is 5.97. The van der Waals surface area contributed by atoms with E-state index in [9.17, 15) is 0 Å². The molecule has 0 aliphatic rings. The highest BCUT2D eigenvalue weighted by Gasteiger charge is 1.95. The Morgan fingerprint density at radius 1 is 0.667 bits per heavy atom. The van der Waals surface area contributed by atoms with Crippen molar-refractivity contribution in [2.75, 3.05) is 0 Å². The molecule has 0 bridgehead atoms. The van der Waals surface area contributed by atoms with Crippen molar-refractivity contribution in [1.29, 1.82) is 0 Å². The van der Waals surface area contributed by atoms with Crippen LogP contribution >= 0.6 is 0 Å². The maximum atomic E-state index is 9.10. The van der Waals surface area contributed by atoms with Gasteiger partial charge in [0.15, 0.2) is 5.75 Å². The lowest BCUT2D eigenvalue weighted by molar-refractivity contribution is 0.303. The molecule has 1 N–H and O–H groups in total. The Morgan fingerprint density at radius 3 is 1.85 bits per heavy atom. The van der Waals surface area contributed by atoms with Gasteiger partial charge in [-0.15, -0.1) is 0 Å². The van der Waals surface area contributed by atoms with Gasteiger partial charge in [-0.1, -0.05) is 72.8 Å². The molecule has 27 heavy (non-hydrogen) atoms. The molecule has 0 fully saturated rings. The summed E-state index contributed by atoms with van der Waals surface area (Å²) in [5, 5.41) is 9.10. The SMILES string of the molecule is Oc1ccc(-c2ccccc2)cc1.c1ccc(COc2cncnc2)cc1. The summed E-state index contributed by atoms with van der Waals surface area (Å²) in [6.07, 6.45) is 4.78. The maximum Gasteiger partial charge on any atom is 0.156 e. The molecule has 1 aromatic heterocycles. The van der Waals surface area contributed by atoms with E-state index in [4.69, 9.17) is 9.84 Å². The first-order valence-corrected chi connectivity index (χ1v) is 8.57. The zero-order valence-electron chi connectivity index (χ0n) is 14.8. The molecular formula is C23H20N2O2. The summed E-state index contributed by atoms with van der Waals surface area (Å²) in [6.45, 7) is 0.550. The molecule has 1 heterocycles. The lowest BCUT2D eigenvalue weighted by atomic mass is 10.1. The van der Waals surface area contributed by atoms with Gasteiger partial charge in [0.2, 0.25) is 0 Å². The van der Waals surface area contributed by atoms with Gasteiger partial charge in [-0.05, 0) is 28.8 Å². The van der Waals surface area contributed by atoms with Crippen LogP contribution in [0.5, 0.6) is 11.5 Å². The number of aromatic nitrogens is 2. The number of ether oxygens (including phenoxy) is 1. The molecule has 134 valence electrons. The van der Waals surface area contributed by atoms with Crippen molar-refractivity contribution in [2.45, 2.75) is 6.61 Å². The van der Waals surface area contributed by atoms with Crippen LogP contribution in [0, 0.1) is 0 Å². The van der Waals surface area contributed by atoms with E-state index in [-0.39, 0.29) is 0 Å². The lowest BCUT2D eigenvalue weighted by Gasteiger charge is -2.04. The van der Waals surface area contributed by atoms with Gasteiger partial charge in [0.25, 0.3) is 0 Å². The van der Waals surface area contributed by atoms with Gasteiger partial charge in [0, 0.05) is 0 Å². The van der Waals surface area contributed by atoms with Crippen molar-refractivity contribution in [3.05, 3.63) is 109 Å². The van der Waals surface area contributed by atoms with E-state index in [0.29, 0.717) is 18.1 Å². The first-order valence-electron chi connectivity index (χ1n) is 8.57. The van der Waals surface area contributed by atoms with E-state index in [1.165, 1.54) is 11.9 Å². The minimum Gasteiger partial charge on any atom is -0.508 e. The molecule has 0 unspecified atom stereocenters. The monoisotopic (exact) mass is 356 g/mol. The predicted octanol–water partition coefficient (Wildman–Crippen LogP) is 5.11. The molecule has 4 heteroatoms. The Balaban J connectivity index is 0.000000156. The van der Waals surface area contributed by atoms with Crippen LogP contribution in [0.15, 0.2) is 104 Å². The van der Waals surface area contributed by atoms with E-state index in [1.54, 1.807) is 24.5 Å². The quantitative estimate of drug-likeness (QED) is 0.552. The van der Waals surface area contributed by atoms with E-state index >= 15 is 0 Å². The summed E-state index contributed by atoms with van der Waals surface area (Å²) in [4.78, 5) is 7.72. The molecule has 0 radical (unpaired) electrons. The fourth-order valence-electron chi connectivity index (χ4n) is 2.39. The fourth-order valence-corrected chi connectivity index (χ4v) is 2.39. The van der Waals surface area contributed by atoms with Crippen molar-refractivity contribution < 1.29 is 9.84 Å². The summed E-state index contributed by atoms with van der Waals surface area (Å²) in [7, 11) is 0. The second kappa shape index (κ2) is 9.73. The Labute approximate surface area is 158 Å². The third-order valence-corrected chi connectivity index (χ3v) is 3.76. The first kappa shape index (κ1) is 18.1. The number of rotatable bonds is 4. The molecule has 0 aliphatic heterocycles. The number of benzene rings is 3. The molecule has 0 spiro atoms. The van der Waals surface area contributed by atoms with Gasteiger partial charge in [-0.25, -0.2) is 9.97 Å². The van der Waals surface area contributed by atoms with Crippen LogP contribution in [0.2, 0.25) is 0 Å². The minimum absolute atomic E-state index is 0.305. The third-order valence-electron chi connectivity index (χ3n) is 3.76. The van der Waals surface area contributed by atoms with E-state index < -0.39 is 0 Å². The van der Waals surface area contributed by atoms with Gasteiger partial charge in [-0.3, -0.25) is 0 Å². The summed E-state index contributed by atoms with van der Waals surface area (Å²) >= 11 is 0. The van der Waals surface area contributed by atoms with Gasteiger partial charge in [0.05, 0.1) is 12.4 Å². The standard InChI is InChI=1S/C12H10O.C11H10N2O/c13-12-8-6-11(7-9-12)10-4-2-1-3-5-10;1-2-4-10(5-3-1)8-14-11-6-12-9-13-7-11/h1-9,13H;1-7,9H,8H2. The molecule has 4 aromatic rings. The van der Waals surface area contributed by atoms with Crippen molar-refractivity contribution in [2.24, 2.45) is 0 Å². The van der Waals surface area contributed by atoms with E-state index in [1.807, 2.05) is 72.8 Å². The highest BCUT2D eigenvalue weighted by atomic mass is 16.5. The molecule has 0 saturated heterocycles. The molecular weight excluding hydrogens is 336 g/mol. The number of hydrogen-bond acceptors (Lipinski definition) is 4. The lowest BCUT2D eigenvalue weighted by Crippen LogP contribution is -1.95. The number of nitrogens with zero attached hydrogens (tertiary/aromatic N) is 2. The number of phenolic OH excluding ortho intramolecular Hbond substituents is 1. The summed E-state index contributed by atoms with van der Waals surface area (Å²) in [6, 6.07) is 27.3. The largest absolute Gasteiger partial charge is 0.508 e. The van der Waals surface area contributed by atoms with Gasteiger partial charge >= 0.3 is 0 Å². The summed E-state index contributed by atoms with van der Waals surface area (Å²) in [5.74, 6) is 0.996. The Morgan fingerprint density at radius 2 is 1.22 bits per heavy atom. The number of aromatic hydroxyl groups is 1. The van der Waals surface area contributed by atoms with Crippen LogP contribution in [0.3, 0.4) is 0 Å². The second-order valence-electron chi connectivity index (χ2n) is 5.76. The molecule has 4 rings (SSSR count). The molecule has 0 amide bonds. The Kier molecular flexibility index (Phi) is 6.54. The fraction of sp³-hybridized carbons (Fsp3) is 0.0435. The predicted molar refractivity (Wildman–Crippen MR) is 106 cm³/mol. The van der Waals surface area contributed by atoms with E-state index in [2.05, 4.69) is 9.97 Å². The summed E-state index contributed by atoms with van der Waals surface area (Å²) in [5.41, 5.74) is 3.43. The van der Waals surface area contributed by atoms with Crippen LogP contribution < -0.4 is 4.74 Å². The van der Waals surface area contributed by atoms with Crippen molar-refractivity contribution in [3.63, 3.8) is 0 Å². The summed E-state index contributed by atoms with van der Waals surface area (Å²) < 4.78 is 5.47. The molecule has 4 nitrogen and oxygen atoms in total. The smallest absolute Gasteiger partial charge is 0.156 e. The maximum absolute atomic E-state index is 9.10. The highest BCUT2D eigenvalue weighted by molar-refractivity contribution is 5.63. The van der Waals surface area contributed by atoms with Crippen LogP contribution in [-0.4, -0.2) is 15.1 Å². The average molecular weight is 356 g/mol. The number of phenols is 1. The Bertz CT molecular complexity index is 873. The highest BCUT2D eigenvalue weighted by Crippen LogP contribution is 2.20. The Hall–Kier alpha value is -3.66. The topological polar surface area (TPSA) is 55.2 Å². The van der Waals surface area contributed by atoms with E-state index in [0.717, 1.165) is 11.1 Å². The van der Waals surface area contributed by atoms with Crippen LogP contribution in [0.4, 0.5) is 0 Å². The minimum atomic E-state index is 0.305. The average Bonchev–Trinajstić information content (AvgIpc) is 2.75. The van der Waals surface area contributed by atoms with Crippen LogP contribution in [0.25, 0.3) is 11.1 Å². The van der Waals surface area contributed by atoms with Crippen LogP contribution in [-0.2, 0) is 6.61 Å². The van der Waals surface area contributed by atoms with Gasteiger partial charge in [-0.2, -0.15) is 0 Å². The molecule has 0 atom stereocenters. The molecule has 0 aliphatic carbocycles.